The molecule has 0 saturated carbocycles. The molecule has 2 aromatic carbocycles. The van der Waals surface area contributed by atoms with E-state index in [1.54, 1.807) is 48.4 Å². The highest BCUT2D eigenvalue weighted by atomic mass is 19.1. The second-order valence-electron chi connectivity index (χ2n) is 7.29. The second-order valence-corrected chi connectivity index (χ2v) is 7.29. The van der Waals surface area contributed by atoms with E-state index in [1.807, 2.05) is 4.90 Å². The fourth-order valence-electron chi connectivity index (χ4n) is 3.95. The number of ether oxygens (including phenoxy) is 1. The van der Waals surface area contributed by atoms with Gasteiger partial charge in [-0.05, 0) is 36.4 Å². The van der Waals surface area contributed by atoms with Crippen molar-refractivity contribution in [3.63, 3.8) is 0 Å². The minimum absolute atomic E-state index is 0.0451. The van der Waals surface area contributed by atoms with Gasteiger partial charge in [0, 0.05) is 26.2 Å². The number of amides is 3. The summed E-state index contributed by atoms with van der Waals surface area (Å²) >= 11 is 0. The summed E-state index contributed by atoms with van der Waals surface area (Å²) in [4.78, 5) is 42.8. The summed E-state index contributed by atoms with van der Waals surface area (Å²) < 4.78 is 19.0. The van der Waals surface area contributed by atoms with Crippen LogP contribution in [0.1, 0.15) is 16.8 Å². The number of anilines is 1. The van der Waals surface area contributed by atoms with Crippen LogP contribution in [0, 0.1) is 5.82 Å². The fraction of sp³-hybridized carbons (Fsp3) is 0.318. The summed E-state index contributed by atoms with van der Waals surface area (Å²) in [7, 11) is 1.55. The topological polar surface area (TPSA) is 70.2 Å². The lowest BCUT2D eigenvalue weighted by molar-refractivity contribution is -0.123. The maximum atomic E-state index is 13.9. The van der Waals surface area contributed by atoms with Crippen molar-refractivity contribution >= 4 is 23.4 Å². The van der Waals surface area contributed by atoms with Gasteiger partial charge in [0.1, 0.15) is 11.6 Å². The third-order valence-electron chi connectivity index (χ3n) is 5.60. The predicted molar refractivity (Wildman–Crippen MR) is 108 cm³/mol. The quantitative estimate of drug-likeness (QED) is 0.719. The predicted octanol–water partition coefficient (Wildman–Crippen LogP) is 1.92. The van der Waals surface area contributed by atoms with Crippen molar-refractivity contribution in [1.82, 2.24) is 9.80 Å². The van der Waals surface area contributed by atoms with Crippen molar-refractivity contribution in [3.8, 4) is 5.75 Å². The Hall–Kier alpha value is -3.26. The highest BCUT2D eigenvalue weighted by Crippen LogP contribution is 2.28. The van der Waals surface area contributed by atoms with Gasteiger partial charge in [0.05, 0.1) is 30.8 Å². The van der Waals surface area contributed by atoms with E-state index in [0.717, 1.165) is 0 Å². The molecule has 156 valence electrons. The molecule has 1 unspecified atom stereocenters. The van der Waals surface area contributed by atoms with Crippen molar-refractivity contribution in [2.45, 2.75) is 12.5 Å². The third-order valence-corrected chi connectivity index (χ3v) is 5.60. The Morgan fingerprint density at radius 2 is 1.67 bits per heavy atom. The van der Waals surface area contributed by atoms with Crippen LogP contribution in [0.25, 0.3) is 0 Å². The lowest BCUT2D eigenvalue weighted by Gasteiger charge is -2.37. The number of piperazine rings is 1. The normalized spacial score (nSPS) is 20.0. The molecule has 2 aliphatic heterocycles. The molecule has 8 heteroatoms. The molecule has 2 aliphatic rings. The molecule has 7 nitrogen and oxygen atoms in total. The number of carbonyl (C=O) groups is 3. The van der Waals surface area contributed by atoms with E-state index in [-0.39, 0.29) is 29.7 Å². The van der Waals surface area contributed by atoms with Crippen molar-refractivity contribution in [3.05, 3.63) is 59.9 Å². The van der Waals surface area contributed by atoms with E-state index < -0.39 is 11.9 Å². The number of halogens is 1. The van der Waals surface area contributed by atoms with Gasteiger partial charge in [0.25, 0.3) is 11.8 Å². The SMILES string of the molecule is COc1ccc(N2C(=O)CC(N3CCN(C(=O)c4ccccc4F)CC3)C2=O)cc1. The lowest BCUT2D eigenvalue weighted by Crippen LogP contribution is -2.54. The first-order chi connectivity index (χ1) is 14.5. The van der Waals surface area contributed by atoms with Gasteiger partial charge in [0.2, 0.25) is 5.91 Å². The zero-order chi connectivity index (χ0) is 21.3. The van der Waals surface area contributed by atoms with E-state index >= 15 is 0 Å². The van der Waals surface area contributed by atoms with Crippen LogP contribution in [-0.2, 0) is 9.59 Å². The highest BCUT2D eigenvalue weighted by Gasteiger charge is 2.43. The number of nitrogens with zero attached hydrogens (tertiary/aromatic N) is 3. The van der Waals surface area contributed by atoms with Gasteiger partial charge in [-0.1, -0.05) is 12.1 Å². The van der Waals surface area contributed by atoms with Crippen LogP contribution in [0.2, 0.25) is 0 Å². The molecule has 0 N–H and O–H groups in total. The Bertz CT molecular complexity index is 971. The number of rotatable bonds is 4. The average Bonchev–Trinajstić information content (AvgIpc) is 3.07. The monoisotopic (exact) mass is 411 g/mol. The molecule has 2 aromatic rings. The van der Waals surface area contributed by atoms with E-state index in [9.17, 15) is 18.8 Å². The number of hydrogen-bond acceptors (Lipinski definition) is 5. The Morgan fingerprint density at radius 1 is 1.00 bits per heavy atom. The smallest absolute Gasteiger partial charge is 0.256 e. The van der Waals surface area contributed by atoms with Crippen LogP contribution in [0.15, 0.2) is 48.5 Å². The molecule has 2 fully saturated rings. The van der Waals surface area contributed by atoms with Crippen LogP contribution in [0.5, 0.6) is 5.75 Å². The summed E-state index contributed by atoms with van der Waals surface area (Å²) in [6.07, 6.45) is 0.103. The minimum atomic E-state index is -0.551. The standard InChI is InChI=1S/C22H22FN3O4/c1-30-16-8-6-15(7-9-16)26-20(27)14-19(22(26)29)24-10-12-25(13-11-24)21(28)17-4-2-3-5-18(17)23/h2-9,19H,10-14H2,1H3. The van der Waals surface area contributed by atoms with Gasteiger partial charge < -0.3 is 9.64 Å². The van der Waals surface area contributed by atoms with Gasteiger partial charge in [-0.3, -0.25) is 19.3 Å². The molecule has 4 rings (SSSR count). The molecule has 3 amide bonds. The van der Waals surface area contributed by atoms with E-state index in [0.29, 0.717) is 37.6 Å². The van der Waals surface area contributed by atoms with Crippen LogP contribution in [0.3, 0.4) is 0 Å². The summed E-state index contributed by atoms with van der Waals surface area (Å²) in [5.74, 6) is -0.776. The lowest BCUT2D eigenvalue weighted by atomic mass is 10.1. The summed E-state index contributed by atoms with van der Waals surface area (Å²) in [6.45, 7) is 1.63. The van der Waals surface area contributed by atoms with Crippen LogP contribution < -0.4 is 9.64 Å². The molecule has 2 heterocycles. The molecule has 0 aliphatic carbocycles. The highest BCUT2D eigenvalue weighted by molar-refractivity contribution is 6.22. The first-order valence-corrected chi connectivity index (χ1v) is 9.78. The summed E-state index contributed by atoms with van der Waals surface area (Å²) in [5.41, 5.74) is 0.561. The van der Waals surface area contributed by atoms with Gasteiger partial charge in [-0.2, -0.15) is 0 Å². The third kappa shape index (κ3) is 3.66. The van der Waals surface area contributed by atoms with Crippen molar-refractivity contribution in [2.24, 2.45) is 0 Å². The second kappa shape index (κ2) is 8.23. The largest absolute Gasteiger partial charge is 0.497 e. The number of carbonyl (C=O) groups excluding carboxylic acids is 3. The number of benzene rings is 2. The summed E-state index contributed by atoms with van der Waals surface area (Å²) in [6, 6.07) is 12.1. The molecule has 0 radical (unpaired) electrons. The molecule has 0 bridgehead atoms. The van der Waals surface area contributed by atoms with Gasteiger partial charge in [-0.25, -0.2) is 9.29 Å². The van der Waals surface area contributed by atoms with Crippen LogP contribution in [0.4, 0.5) is 10.1 Å². The number of methoxy groups -OCH3 is 1. The molecular formula is C22H22FN3O4. The Kier molecular flexibility index (Phi) is 5.50. The number of hydrogen-bond donors (Lipinski definition) is 0. The van der Waals surface area contributed by atoms with E-state index in [2.05, 4.69) is 0 Å². The van der Waals surface area contributed by atoms with Gasteiger partial charge in [-0.15, -0.1) is 0 Å². The van der Waals surface area contributed by atoms with Crippen LogP contribution >= 0.6 is 0 Å². The van der Waals surface area contributed by atoms with Crippen molar-refractivity contribution in [1.29, 1.82) is 0 Å². The first kappa shape index (κ1) is 20.0. The van der Waals surface area contributed by atoms with E-state index in [1.165, 1.54) is 17.0 Å². The van der Waals surface area contributed by atoms with Gasteiger partial charge in [0.15, 0.2) is 0 Å². The van der Waals surface area contributed by atoms with Crippen LogP contribution in [-0.4, -0.2) is 66.9 Å². The molecule has 0 aromatic heterocycles. The average molecular weight is 411 g/mol. The fourth-order valence-corrected chi connectivity index (χ4v) is 3.95. The van der Waals surface area contributed by atoms with Gasteiger partial charge >= 0.3 is 0 Å². The molecule has 30 heavy (non-hydrogen) atoms. The van der Waals surface area contributed by atoms with E-state index in [4.69, 9.17) is 4.74 Å². The number of imide groups is 1. The van der Waals surface area contributed by atoms with Crippen molar-refractivity contribution in [2.75, 3.05) is 38.2 Å². The Balaban J connectivity index is 1.41. The summed E-state index contributed by atoms with van der Waals surface area (Å²) in [5, 5.41) is 0. The first-order valence-electron chi connectivity index (χ1n) is 9.78. The zero-order valence-corrected chi connectivity index (χ0v) is 16.6. The molecule has 0 spiro atoms. The molecule has 1 atom stereocenters. The minimum Gasteiger partial charge on any atom is -0.497 e. The van der Waals surface area contributed by atoms with Crippen molar-refractivity contribution < 1.29 is 23.5 Å². The zero-order valence-electron chi connectivity index (χ0n) is 16.6. The maximum absolute atomic E-state index is 13.9. The maximum Gasteiger partial charge on any atom is 0.256 e. The Labute approximate surface area is 173 Å². The Morgan fingerprint density at radius 3 is 2.30 bits per heavy atom. The molecular weight excluding hydrogens is 389 g/mol. The molecule has 2 saturated heterocycles.